The van der Waals surface area contributed by atoms with E-state index in [0.717, 1.165) is 19.3 Å². The lowest BCUT2D eigenvalue weighted by atomic mass is 9.78. The molecule has 0 saturated carbocycles. The van der Waals surface area contributed by atoms with Gasteiger partial charge < -0.3 is 0 Å². The minimum Gasteiger partial charge on any atom is -0.0839 e. The fourth-order valence-corrected chi connectivity index (χ4v) is 4.82. The molecule has 0 amide bonds. The van der Waals surface area contributed by atoms with E-state index < -0.39 is 0 Å². The highest BCUT2D eigenvalue weighted by molar-refractivity contribution is 5.27. The Morgan fingerprint density at radius 2 is 1.38 bits per heavy atom. The van der Waals surface area contributed by atoms with E-state index in [1.165, 1.54) is 24.8 Å². The highest BCUT2D eigenvalue weighted by Crippen LogP contribution is 2.34. The first-order chi connectivity index (χ1) is 15.1. The SMILES string of the molecule is CCCC(C)C(C)=C(C)C(C)C(=CCC(C)C(C)=C(C)CC)C(C)CCc1ccccc1. The van der Waals surface area contributed by atoms with E-state index in [9.17, 15) is 0 Å². The maximum absolute atomic E-state index is 2.61. The van der Waals surface area contributed by atoms with Gasteiger partial charge in [0.05, 0.1) is 0 Å². The second kappa shape index (κ2) is 14.6. The van der Waals surface area contributed by atoms with Crippen LogP contribution in [0.4, 0.5) is 0 Å². The first kappa shape index (κ1) is 28.5. The van der Waals surface area contributed by atoms with Gasteiger partial charge in [0.2, 0.25) is 0 Å². The lowest BCUT2D eigenvalue weighted by molar-refractivity contribution is 0.532. The van der Waals surface area contributed by atoms with Crippen molar-refractivity contribution in [3.05, 3.63) is 69.8 Å². The van der Waals surface area contributed by atoms with Gasteiger partial charge >= 0.3 is 0 Å². The zero-order valence-electron chi connectivity index (χ0n) is 23.0. The van der Waals surface area contributed by atoms with Gasteiger partial charge in [-0.2, -0.15) is 0 Å². The standard InChI is InChI=1S/C32H52/c1-11-16-24(4)28(8)29(9)30(10)32(22-20-25(5)27(7)23(3)12-2)26(6)19-21-31-17-14-13-15-18-31/h13-15,17-18,22,24-26,30H,11-12,16,19-21H2,1-10H3. The van der Waals surface area contributed by atoms with Gasteiger partial charge in [0.25, 0.3) is 0 Å². The predicted octanol–water partition coefficient (Wildman–Crippen LogP) is 10.4. The Balaban J connectivity index is 3.16. The lowest BCUT2D eigenvalue weighted by Gasteiger charge is -2.27. The molecule has 32 heavy (non-hydrogen) atoms. The molecule has 0 bridgehead atoms. The topological polar surface area (TPSA) is 0 Å². The molecule has 0 aliphatic rings. The third kappa shape index (κ3) is 8.76. The summed E-state index contributed by atoms with van der Waals surface area (Å²) in [7, 11) is 0. The Morgan fingerprint density at radius 1 is 0.750 bits per heavy atom. The summed E-state index contributed by atoms with van der Waals surface area (Å²) >= 11 is 0. The summed E-state index contributed by atoms with van der Waals surface area (Å²) in [4.78, 5) is 0. The highest BCUT2D eigenvalue weighted by Gasteiger charge is 2.20. The van der Waals surface area contributed by atoms with Crippen LogP contribution in [0.15, 0.2) is 64.3 Å². The Kier molecular flexibility index (Phi) is 13.0. The fraction of sp³-hybridized carbons (Fsp3) is 0.625. The van der Waals surface area contributed by atoms with Gasteiger partial charge in [-0.3, -0.25) is 0 Å². The van der Waals surface area contributed by atoms with Crippen LogP contribution in [0.5, 0.6) is 0 Å². The molecule has 0 spiro atoms. The van der Waals surface area contributed by atoms with Crippen LogP contribution in [0.3, 0.4) is 0 Å². The summed E-state index contributed by atoms with van der Waals surface area (Å²) in [5, 5.41) is 0. The molecule has 0 aromatic heterocycles. The highest BCUT2D eigenvalue weighted by atomic mass is 14.3. The third-order valence-corrected chi connectivity index (χ3v) is 8.16. The second-order valence-corrected chi connectivity index (χ2v) is 10.4. The molecule has 1 rings (SSSR count). The van der Waals surface area contributed by atoms with Crippen molar-refractivity contribution < 1.29 is 0 Å². The van der Waals surface area contributed by atoms with E-state index in [1.54, 1.807) is 27.9 Å². The third-order valence-electron chi connectivity index (χ3n) is 8.16. The van der Waals surface area contributed by atoms with E-state index >= 15 is 0 Å². The van der Waals surface area contributed by atoms with Crippen LogP contribution in [-0.2, 0) is 6.42 Å². The van der Waals surface area contributed by atoms with Crippen molar-refractivity contribution >= 4 is 0 Å². The molecule has 0 nitrogen and oxygen atoms in total. The van der Waals surface area contributed by atoms with Crippen LogP contribution in [0, 0.1) is 23.7 Å². The average Bonchev–Trinajstić information content (AvgIpc) is 2.81. The Bertz CT molecular complexity index is 758. The molecule has 0 aliphatic carbocycles. The lowest BCUT2D eigenvalue weighted by Crippen LogP contribution is -2.14. The van der Waals surface area contributed by atoms with Crippen LogP contribution in [0.2, 0.25) is 0 Å². The van der Waals surface area contributed by atoms with Crippen molar-refractivity contribution in [2.24, 2.45) is 23.7 Å². The Hall–Kier alpha value is -1.56. The summed E-state index contributed by atoms with van der Waals surface area (Å²) in [6.07, 6.45) is 9.84. The van der Waals surface area contributed by atoms with Crippen molar-refractivity contribution in [1.29, 1.82) is 0 Å². The largest absolute Gasteiger partial charge is 0.0839 e. The van der Waals surface area contributed by atoms with Crippen molar-refractivity contribution in [2.45, 2.75) is 108 Å². The average molecular weight is 437 g/mol. The van der Waals surface area contributed by atoms with Gasteiger partial charge in [0.1, 0.15) is 0 Å². The van der Waals surface area contributed by atoms with Gasteiger partial charge in [0, 0.05) is 0 Å². The van der Waals surface area contributed by atoms with Gasteiger partial charge in [-0.25, -0.2) is 0 Å². The van der Waals surface area contributed by atoms with Crippen molar-refractivity contribution in [3.63, 3.8) is 0 Å². The zero-order chi connectivity index (χ0) is 24.3. The first-order valence-corrected chi connectivity index (χ1v) is 13.2. The molecule has 180 valence electrons. The van der Waals surface area contributed by atoms with Crippen molar-refractivity contribution in [3.8, 4) is 0 Å². The Labute approximate surface area is 201 Å². The first-order valence-electron chi connectivity index (χ1n) is 13.2. The molecule has 4 atom stereocenters. The quantitative estimate of drug-likeness (QED) is 0.270. The predicted molar refractivity (Wildman–Crippen MR) is 146 cm³/mol. The normalized spacial score (nSPS) is 17.9. The van der Waals surface area contributed by atoms with Gasteiger partial charge in [0.15, 0.2) is 0 Å². The number of hydrogen-bond acceptors (Lipinski definition) is 0. The van der Waals surface area contributed by atoms with E-state index in [4.69, 9.17) is 0 Å². The number of rotatable bonds is 13. The molecule has 0 radical (unpaired) electrons. The molecule has 0 N–H and O–H groups in total. The molecule has 4 unspecified atom stereocenters. The number of allylic oxidation sites excluding steroid dienone is 6. The maximum atomic E-state index is 2.61. The maximum Gasteiger partial charge on any atom is -0.00189 e. The van der Waals surface area contributed by atoms with Crippen LogP contribution in [-0.4, -0.2) is 0 Å². The second-order valence-electron chi connectivity index (χ2n) is 10.4. The number of hydrogen-bond donors (Lipinski definition) is 0. The van der Waals surface area contributed by atoms with Gasteiger partial charge in [-0.05, 0) is 89.0 Å². The summed E-state index contributed by atoms with van der Waals surface area (Å²) in [6.45, 7) is 23.7. The van der Waals surface area contributed by atoms with Gasteiger partial charge in [-0.15, -0.1) is 0 Å². The van der Waals surface area contributed by atoms with Crippen molar-refractivity contribution in [1.82, 2.24) is 0 Å². The monoisotopic (exact) mass is 436 g/mol. The van der Waals surface area contributed by atoms with E-state index in [1.807, 2.05) is 0 Å². The molecule has 1 aromatic carbocycles. The molecule has 0 heteroatoms. The summed E-state index contributed by atoms with van der Waals surface area (Å²) < 4.78 is 0. The molecule has 0 fully saturated rings. The summed E-state index contributed by atoms with van der Waals surface area (Å²) in [5.41, 5.74) is 9.43. The van der Waals surface area contributed by atoms with Crippen LogP contribution in [0.1, 0.15) is 107 Å². The molecule has 0 saturated heterocycles. The summed E-state index contributed by atoms with van der Waals surface area (Å²) in [6, 6.07) is 11.0. The molecule has 0 heterocycles. The van der Waals surface area contributed by atoms with E-state index in [-0.39, 0.29) is 0 Å². The Morgan fingerprint density at radius 3 is 1.94 bits per heavy atom. The van der Waals surface area contributed by atoms with E-state index in [0.29, 0.717) is 23.7 Å². The van der Waals surface area contributed by atoms with Crippen molar-refractivity contribution in [2.75, 3.05) is 0 Å². The minimum absolute atomic E-state index is 0.517. The van der Waals surface area contributed by atoms with E-state index in [2.05, 4.69) is 106 Å². The molecular weight excluding hydrogens is 384 g/mol. The van der Waals surface area contributed by atoms with Crippen LogP contribution >= 0.6 is 0 Å². The molecule has 1 aromatic rings. The zero-order valence-corrected chi connectivity index (χ0v) is 23.0. The smallest absolute Gasteiger partial charge is 0.00189 e. The van der Waals surface area contributed by atoms with Crippen LogP contribution in [0.25, 0.3) is 0 Å². The molecule has 0 aliphatic heterocycles. The number of aryl methyl sites for hydroxylation is 1. The van der Waals surface area contributed by atoms with Crippen LogP contribution < -0.4 is 0 Å². The summed E-state index contributed by atoms with van der Waals surface area (Å²) in [5.74, 6) is 2.41. The fourth-order valence-electron chi connectivity index (χ4n) is 4.82. The van der Waals surface area contributed by atoms with Gasteiger partial charge in [-0.1, -0.05) is 112 Å². The number of benzene rings is 1. The minimum atomic E-state index is 0.517. The molecular formula is C32H52.